The highest BCUT2D eigenvalue weighted by atomic mass is 16.4. The van der Waals surface area contributed by atoms with Crippen molar-refractivity contribution in [3.63, 3.8) is 0 Å². The Kier molecular flexibility index (Phi) is 5.51. The summed E-state index contributed by atoms with van der Waals surface area (Å²) in [6, 6.07) is 7.54. The molecule has 1 aromatic rings. The average molecular weight is 334 g/mol. The number of hydrogen-bond donors (Lipinski definition) is 2. The Morgan fingerprint density at radius 1 is 1.00 bits per heavy atom. The molecule has 0 radical (unpaired) electrons. The standard InChI is InChI=1S/C16H18N2O6/c19-13(20)7-6-12-15(23)17(9-8-14(21)22)16(24)18(12)10-11-4-2-1-3-5-11/h1-5,12H,6-10H2,(H,19,20)(H,21,22). The number of rotatable bonds is 8. The van der Waals surface area contributed by atoms with Gasteiger partial charge in [-0.3, -0.25) is 19.3 Å². The fourth-order valence-electron chi connectivity index (χ4n) is 2.61. The van der Waals surface area contributed by atoms with Gasteiger partial charge >= 0.3 is 18.0 Å². The van der Waals surface area contributed by atoms with Crippen LogP contribution in [-0.2, 0) is 20.9 Å². The predicted molar refractivity (Wildman–Crippen MR) is 82.0 cm³/mol. The fraction of sp³-hybridized carbons (Fsp3) is 0.375. The molecule has 1 unspecified atom stereocenters. The first kappa shape index (κ1) is 17.5. The Morgan fingerprint density at radius 2 is 1.62 bits per heavy atom. The highest BCUT2D eigenvalue weighted by Gasteiger charge is 2.44. The van der Waals surface area contributed by atoms with Gasteiger partial charge in [-0.2, -0.15) is 0 Å². The van der Waals surface area contributed by atoms with Crippen molar-refractivity contribution in [1.29, 1.82) is 0 Å². The minimum absolute atomic E-state index is 0.00366. The molecule has 3 amide bonds. The number of carboxylic acids is 2. The third kappa shape index (κ3) is 4.09. The van der Waals surface area contributed by atoms with Gasteiger partial charge in [0.05, 0.1) is 6.42 Å². The number of benzene rings is 1. The first-order valence-corrected chi connectivity index (χ1v) is 7.49. The Balaban J connectivity index is 2.18. The topological polar surface area (TPSA) is 115 Å². The smallest absolute Gasteiger partial charge is 0.327 e. The third-order valence-corrected chi connectivity index (χ3v) is 3.78. The number of carbonyl (C=O) groups excluding carboxylic acids is 2. The zero-order valence-electron chi connectivity index (χ0n) is 12.9. The molecule has 0 aliphatic carbocycles. The minimum atomic E-state index is -1.11. The van der Waals surface area contributed by atoms with Crippen LogP contribution < -0.4 is 0 Å². The number of nitrogens with zero attached hydrogens (tertiary/aromatic N) is 2. The van der Waals surface area contributed by atoms with E-state index in [4.69, 9.17) is 10.2 Å². The summed E-state index contributed by atoms with van der Waals surface area (Å²) in [6.45, 7) is -0.0544. The second-order valence-electron chi connectivity index (χ2n) is 5.48. The molecule has 2 rings (SSSR count). The molecule has 1 saturated heterocycles. The zero-order valence-corrected chi connectivity index (χ0v) is 12.9. The van der Waals surface area contributed by atoms with Crippen LogP contribution in [0.3, 0.4) is 0 Å². The lowest BCUT2D eigenvalue weighted by molar-refractivity contribution is -0.138. The molecule has 8 heteroatoms. The maximum absolute atomic E-state index is 12.5. The summed E-state index contributed by atoms with van der Waals surface area (Å²) in [6.07, 6.45) is -0.597. The van der Waals surface area contributed by atoms with Crippen molar-refractivity contribution in [3.8, 4) is 0 Å². The molecular weight excluding hydrogens is 316 g/mol. The van der Waals surface area contributed by atoms with Crippen LogP contribution in [0.2, 0.25) is 0 Å². The number of carboxylic acid groups (broad SMARTS) is 2. The van der Waals surface area contributed by atoms with Gasteiger partial charge in [0.2, 0.25) is 0 Å². The predicted octanol–water partition coefficient (Wildman–Crippen LogP) is 1.16. The largest absolute Gasteiger partial charge is 0.481 e. The summed E-state index contributed by atoms with van der Waals surface area (Å²) in [4.78, 5) is 48.6. The molecule has 1 fully saturated rings. The second kappa shape index (κ2) is 7.58. The lowest BCUT2D eigenvalue weighted by atomic mass is 10.1. The highest BCUT2D eigenvalue weighted by molar-refractivity contribution is 6.04. The van der Waals surface area contributed by atoms with Gasteiger partial charge in [-0.1, -0.05) is 30.3 Å². The van der Waals surface area contributed by atoms with Gasteiger partial charge in [-0.05, 0) is 12.0 Å². The fourth-order valence-corrected chi connectivity index (χ4v) is 2.61. The first-order chi connectivity index (χ1) is 11.4. The van der Waals surface area contributed by atoms with Crippen molar-refractivity contribution >= 4 is 23.9 Å². The molecule has 0 bridgehead atoms. The van der Waals surface area contributed by atoms with Gasteiger partial charge in [0.15, 0.2) is 0 Å². The maximum Gasteiger partial charge on any atom is 0.327 e. The summed E-state index contributed by atoms with van der Waals surface area (Å²) < 4.78 is 0. The van der Waals surface area contributed by atoms with Crippen molar-refractivity contribution < 1.29 is 29.4 Å². The first-order valence-electron chi connectivity index (χ1n) is 7.49. The molecule has 1 aromatic carbocycles. The van der Waals surface area contributed by atoms with Crippen LogP contribution in [0.5, 0.6) is 0 Å². The Labute approximate surface area is 138 Å². The van der Waals surface area contributed by atoms with E-state index in [0.717, 1.165) is 10.5 Å². The number of aliphatic carboxylic acids is 2. The third-order valence-electron chi connectivity index (χ3n) is 3.78. The van der Waals surface area contributed by atoms with E-state index in [-0.39, 0.29) is 32.4 Å². The number of amides is 3. The normalized spacial score (nSPS) is 17.4. The van der Waals surface area contributed by atoms with E-state index in [9.17, 15) is 19.2 Å². The van der Waals surface area contributed by atoms with Gasteiger partial charge in [-0.15, -0.1) is 0 Å². The molecular formula is C16H18N2O6. The van der Waals surface area contributed by atoms with Gasteiger partial charge in [0.1, 0.15) is 6.04 Å². The SMILES string of the molecule is O=C(O)CCC1C(=O)N(CCC(=O)O)C(=O)N1Cc1ccccc1. The van der Waals surface area contributed by atoms with Crippen molar-refractivity contribution in [1.82, 2.24) is 9.80 Å². The van der Waals surface area contributed by atoms with Crippen LogP contribution in [0.1, 0.15) is 24.8 Å². The molecule has 8 nitrogen and oxygen atoms in total. The molecule has 1 aliphatic rings. The van der Waals surface area contributed by atoms with E-state index in [1.54, 1.807) is 24.3 Å². The van der Waals surface area contributed by atoms with Gasteiger partial charge < -0.3 is 15.1 Å². The molecule has 1 heterocycles. The average Bonchev–Trinajstić information content (AvgIpc) is 2.75. The van der Waals surface area contributed by atoms with E-state index < -0.39 is 29.9 Å². The number of hydrogen-bond acceptors (Lipinski definition) is 4. The molecule has 0 aromatic heterocycles. The number of urea groups is 1. The summed E-state index contributed by atoms with van der Waals surface area (Å²) in [5.41, 5.74) is 0.805. The monoisotopic (exact) mass is 334 g/mol. The molecule has 0 spiro atoms. The Morgan fingerprint density at radius 3 is 2.21 bits per heavy atom. The number of imide groups is 1. The van der Waals surface area contributed by atoms with Crippen LogP contribution in [0.4, 0.5) is 4.79 Å². The summed E-state index contributed by atoms with van der Waals surface area (Å²) in [5, 5.41) is 17.6. The van der Waals surface area contributed by atoms with E-state index in [0.29, 0.717) is 0 Å². The zero-order chi connectivity index (χ0) is 17.7. The van der Waals surface area contributed by atoms with Crippen molar-refractivity contribution in [2.75, 3.05) is 6.54 Å². The van der Waals surface area contributed by atoms with Crippen molar-refractivity contribution in [2.24, 2.45) is 0 Å². The van der Waals surface area contributed by atoms with E-state index in [1.807, 2.05) is 6.07 Å². The van der Waals surface area contributed by atoms with Gasteiger partial charge in [0.25, 0.3) is 5.91 Å². The second-order valence-corrected chi connectivity index (χ2v) is 5.48. The molecule has 2 N–H and O–H groups in total. The molecule has 0 saturated carbocycles. The van der Waals surface area contributed by atoms with Crippen LogP contribution in [0.15, 0.2) is 30.3 Å². The molecule has 24 heavy (non-hydrogen) atoms. The van der Waals surface area contributed by atoms with E-state index in [1.165, 1.54) is 4.90 Å². The van der Waals surface area contributed by atoms with E-state index in [2.05, 4.69) is 0 Å². The number of carbonyl (C=O) groups is 4. The lowest BCUT2D eigenvalue weighted by Crippen LogP contribution is -2.35. The van der Waals surface area contributed by atoms with Crippen LogP contribution in [0, 0.1) is 0 Å². The van der Waals surface area contributed by atoms with Crippen LogP contribution in [-0.4, -0.2) is 56.5 Å². The van der Waals surface area contributed by atoms with Crippen molar-refractivity contribution in [3.05, 3.63) is 35.9 Å². The summed E-state index contributed by atoms with van der Waals surface area (Å²) >= 11 is 0. The molecule has 128 valence electrons. The lowest BCUT2D eigenvalue weighted by Gasteiger charge is -2.21. The Hall–Kier alpha value is -2.90. The van der Waals surface area contributed by atoms with Crippen LogP contribution in [0.25, 0.3) is 0 Å². The maximum atomic E-state index is 12.5. The van der Waals surface area contributed by atoms with E-state index >= 15 is 0 Å². The summed E-state index contributed by atoms with van der Waals surface area (Å²) in [5.74, 6) is -2.71. The van der Waals surface area contributed by atoms with Gasteiger partial charge in [0, 0.05) is 19.5 Å². The van der Waals surface area contributed by atoms with Crippen LogP contribution >= 0.6 is 0 Å². The highest BCUT2D eigenvalue weighted by Crippen LogP contribution is 2.24. The van der Waals surface area contributed by atoms with Crippen molar-refractivity contribution in [2.45, 2.75) is 31.8 Å². The van der Waals surface area contributed by atoms with Gasteiger partial charge in [-0.25, -0.2) is 4.79 Å². The Bertz CT molecular complexity index is 645. The quantitative estimate of drug-likeness (QED) is 0.689. The molecule has 1 atom stereocenters. The summed E-state index contributed by atoms with van der Waals surface area (Å²) in [7, 11) is 0. The molecule has 1 aliphatic heterocycles. The minimum Gasteiger partial charge on any atom is -0.481 e.